The van der Waals surface area contributed by atoms with Gasteiger partial charge < -0.3 is 15.0 Å². The van der Waals surface area contributed by atoms with Gasteiger partial charge in [0.1, 0.15) is 0 Å². The minimum absolute atomic E-state index is 0.0454. The number of rotatable bonds is 4. The molecule has 0 unspecified atom stereocenters. The predicted octanol–water partition coefficient (Wildman–Crippen LogP) is 4.72. The van der Waals surface area contributed by atoms with Crippen LogP contribution in [0.25, 0.3) is 16.7 Å². The molecule has 2 aromatic heterocycles. The third kappa shape index (κ3) is 5.31. The van der Waals surface area contributed by atoms with Crippen molar-refractivity contribution in [2.45, 2.75) is 46.6 Å². The third-order valence-electron chi connectivity index (χ3n) is 5.48. The largest absolute Gasteiger partial charge is 0.381 e. The van der Waals surface area contributed by atoms with Gasteiger partial charge in [-0.15, -0.1) is 5.10 Å². The Morgan fingerprint density at radius 1 is 1.00 bits per heavy atom. The summed E-state index contributed by atoms with van der Waals surface area (Å²) in [6.07, 6.45) is 1.99. The fourth-order valence-electron chi connectivity index (χ4n) is 3.80. The number of aromatic nitrogens is 5. The number of hydrogen-bond donors (Lipinski definition) is 1. The number of carbonyl (C=O) groups is 1. The molecule has 2 aromatic carbocycles. The second-order valence-electron chi connectivity index (χ2n) is 7.29. The van der Waals surface area contributed by atoms with Crippen LogP contribution >= 0.6 is 0 Å². The van der Waals surface area contributed by atoms with E-state index in [1.165, 1.54) is 0 Å². The van der Waals surface area contributed by atoms with E-state index in [2.05, 4.69) is 25.8 Å². The molecule has 1 aliphatic rings. The van der Waals surface area contributed by atoms with Crippen LogP contribution in [0.2, 0.25) is 0 Å². The molecular formula is C25H33N7O2. The first kappa shape index (κ1) is 25.0. The number of fused-ring (bicyclic) bond motifs is 3. The zero-order chi connectivity index (χ0) is 24.5. The maximum Gasteiger partial charge on any atom is 0.253 e. The average molecular weight is 464 g/mol. The highest BCUT2D eigenvalue weighted by Crippen LogP contribution is 2.23. The molecule has 9 heteroatoms. The standard InChI is InChI=1S/C21H21N7O2.2C2H6/c1-30-16-10-12-27(13-11-16)21(29)14-6-8-15(9-7-14)22-19-20-24-25-26-28(20)18-5-3-2-4-17(18)23-19;2*1-2/h2-9,16H,10-13H2,1H3,(H,22,23);2*1-2H3. The molecule has 34 heavy (non-hydrogen) atoms. The lowest BCUT2D eigenvalue weighted by Crippen LogP contribution is -2.40. The minimum atomic E-state index is 0.0454. The van der Waals surface area contributed by atoms with Crippen molar-refractivity contribution in [2.75, 3.05) is 25.5 Å². The molecule has 4 aromatic rings. The molecule has 0 radical (unpaired) electrons. The van der Waals surface area contributed by atoms with Gasteiger partial charge in [-0.2, -0.15) is 4.52 Å². The minimum Gasteiger partial charge on any atom is -0.381 e. The summed E-state index contributed by atoms with van der Waals surface area (Å²) in [6.45, 7) is 9.44. The molecule has 1 saturated heterocycles. The van der Waals surface area contributed by atoms with Crippen LogP contribution in [0.1, 0.15) is 50.9 Å². The zero-order valence-corrected chi connectivity index (χ0v) is 20.5. The number of ether oxygens (including phenoxy) is 1. The summed E-state index contributed by atoms with van der Waals surface area (Å²) in [5.74, 6) is 0.600. The molecule has 0 aliphatic carbocycles. The highest BCUT2D eigenvalue weighted by atomic mass is 16.5. The van der Waals surface area contributed by atoms with E-state index in [-0.39, 0.29) is 12.0 Å². The van der Waals surface area contributed by atoms with Crippen molar-refractivity contribution in [2.24, 2.45) is 0 Å². The van der Waals surface area contributed by atoms with Crippen molar-refractivity contribution in [3.05, 3.63) is 54.1 Å². The highest BCUT2D eigenvalue weighted by Gasteiger charge is 2.23. The smallest absolute Gasteiger partial charge is 0.253 e. The van der Waals surface area contributed by atoms with Crippen LogP contribution in [0.15, 0.2) is 48.5 Å². The van der Waals surface area contributed by atoms with E-state index in [4.69, 9.17) is 4.74 Å². The number of tetrazole rings is 1. The van der Waals surface area contributed by atoms with E-state index in [0.717, 1.165) is 42.7 Å². The Morgan fingerprint density at radius 3 is 2.35 bits per heavy atom. The Morgan fingerprint density at radius 2 is 1.68 bits per heavy atom. The molecule has 1 aliphatic heterocycles. The number of anilines is 2. The maximum atomic E-state index is 12.8. The maximum absolute atomic E-state index is 12.8. The lowest BCUT2D eigenvalue weighted by Gasteiger charge is -2.31. The Labute approximate surface area is 200 Å². The predicted molar refractivity (Wildman–Crippen MR) is 134 cm³/mol. The Hall–Kier alpha value is -3.59. The first-order chi connectivity index (χ1) is 16.7. The van der Waals surface area contributed by atoms with E-state index in [1.54, 1.807) is 11.6 Å². The van der Waals surface area contributed by atoms with Crippen LogP contribution < -0.4 is 5.32 Å². The number of hydrogen-bond acceptors (Lipinski definition) is 7. The number of nitrogens with zero attached hydrogens (tertiary/aromatic N) is 6. The molecule has 0 saturated carbocycles. The monoisotopic (exact) mass is 463 g/mol. The number of benzene rings is 2. The van der Waals surface area contributed by atoms with Crippen molar-refractivity contribution < 1.29 is 9.53 Å². The van der Waals surface area contributed by atoms with Gasteiger partial charge in [0, 0.05) is 31.5 Å². The molecule has 9 nitrogen and oxygen atoms in total. The van der Waals surface area contributed by atoms with Gasteiger partial charge in [-0.3, -0.25) is 4.79 Å². The fraction of sp³-hybridized carbons (Fsp3) is 0.400. The van der Waals surface area contributed by atoms with Crippen LogP contribution in [0, 0.1) is 0 Å². The van der Waals surface area contributed by atoms with Gasteiger partial charge in [0.2, 0.25) is 5.65 Å². The molecule has 0 spiro atoms. The Bertz CT molecular complexity index is 1200. The normalized spacial score (nSPS) is 13.6. The van der Waals surface area contributed by atoms with Crippen molar-refractivity contribution in [1.82, 2.24) is 29.9 Å². The van der Waals surface area contributed by atoms with Gasteiger partial charge in [0.15, 0.2) is 5.82 Å². The molecule has 1 N–H and O–H groups in total. The van der Waals surface area contributed by atoms with Crippen LogP contribution in [-0.4, -0.2) is 62.1 Å². The number of amides is 1. The van der Waals surface area contributed by atoms with E-state index in [9.17, 15) is 4.79 Å². The van der Waals surface area contributed by atoms with Gasteiger partial charge in [-0.05, 0) is 59.7 Å². The topological polar surface area (TPSA) is 97.5 Å². The number of carbonyl (C=O) groups excluding carboxylic acids is 1. The number of piperidine rings is 1. The number of likely N-dealkylation sites (tertiary alicyclic amines) is 1. The Balaban J connectivity index is 0.000000771. The van der Waals surface area contributed by atoms with Gasteiger partial charge in [-0.1, -0.05) is 39.8 Å². The van der Waals surface area contributed by atoms with Crippen LogP contribution in [0.4, 0.5) is 11.5 Å². The molecule has 0 bridgehead atoms. The van der Waals surface area contributed by atoms with E-state index in [1.807, 2.05) is 81.1 Å². The van der Waals surface area contributed by atoms with Gasteiger partial charge in [0.05, 0.1) is 17.1 Å². The van der Waals surface area contributed by atoms with E-state index >= 15 is 0 Å². The first-order valence-electron chi connectivity index (χ1n) is 11.9. The van der Waals surface area contributed by atoms with Crippen LogP contribution in [0.5, 0.6) is 0 Å². The van der Waals surface area contributed by atoms with E-state index in [0.29, 0.717) is 17.0 Å². The van der Waals surface area contributed by atoms with Crippen molar-refractivity contribution in [1.29, 1.82) is 0 Å². The highest BCUT2D eigenvalue weighted by molar-refractivity contribution is 5.94. The first-order valence-corrected chi connectivity index (χ1v) is 11.9. The molecule has 5 rings (SSSR count). The van der Waals surface area contributed by atoms with Crippen LogP contribution in [0.3, 0.4) is 0 Å². The summed E-state index contributed by atoms with van der Waals surface area (Å²) in [7, 11) is 1.72. The zero-order valence-electron chi connectivity index (χ0n) is 20.5. The van der Waals surface area contributed by atoms with Crippen molar-refractivity contribution in [3.8, 4) is 0 Å². The average Bonchev–Trinajstić information content (AvgIpc) is 3.42. The van der Waals surface area contributed by atoms with Gasteiger partial charge in [-0.25, -0.2) is 4.98 Å². The molecular weight excluding hydrogens is 430 g/mol. The van der Waals surface area contributed by atoms with Crippen molar-refractivity contribution >= 4 is 34.1 Å². The van der Waals surface area contributed by atoms with E-state index < -0.39 is 0 Å². The summed E-state index contributed by atoms with van der Waals surface area (Å²) >= 11 is 0. The Kier molecular flexibility index (Phi) is 8.86. The molecule has 0 atom stereocenters. The summed E-state index contributed by atoms with van der Waals surface area (Å²) in [5.41, 5.74) is 3.62. The summed E-state index contributed by atoms with van der Waals surface area (Å²) in [5, 5.41) is 15.2. The lowest BCUT2D eigenvalue weighted by atomic mass is 10.1. The summed E-state index contributed by atoms with van der Waals surface area (Å²) < 4.78 is 7.04. The van der Waals surface area contributed by atoms with Gasteiger partial charge in [0.25, 0.3) is 5.91 Å². The fourth-order valence-corrected chi connectivity index (χ4v) is 3.80. The molecule has 180 valence electrons. The third-order valence-corrected chi connectivity index (χ3v) is 5.48. The quantitative estimate of drug-likeness (QED) is 0.468. The second kappa shape index (κ2) is 12.0. The number of methoxy groups -OCH3 is 1. The number of para-hydroxylation sites is 2. The lowest BCUT2D eigenvalue weighted by molar-refractivity contribution is 0.0351. The van der Waals surface area contributed by atoms with Gasteiger partial charge >= 0.3 is 0 Å². The molecule has 1 amide bonds. The summed E-state index contributed by atoms with van der Waals surface area (Å²) in [4.78, 5) is 19.3. The van der Waals surface area contributed by atoms with Crippen molar-refractivity contribution in [3.63, 3.8) is 0 Å². The number of nitrogens with one attached hydrogen (secondary N) is 1. The molecule has 1 fully saturated rings. The summed E-state index contributed by atoms with van der Waals surface area (Å²) in [6, 6.07) is 15.1. The van der Waals surface area contributed by atoms with Crippen LogP contribution in [-0.2, 0) is 4.74 Å². The SMILES string of the molecule is CC.CC.COC1CCN(C(=O)c2ccc(Nc3nc4ccccc4n4nnnc34)cc2)CC1. The second-order valence-corrected chi connectivity index (χ2v) is 7.29. The molecule has 3 heterocycles.